The van der Waals surface area contributed by atoms with Gasteiger partial charge >= 0.3 is 0 Å². The second kappa shape index (κ2) is 7.47. The van der Waals surface area contributed by atoms with Crippen molar-refractivity contribution >= 4 is 17.7 Å². The van der Waals surface area contributed by atoms with Gasteiger partial charge in [-0.3, -0.25) is 4.79 Å². The van der Waals surface area contributed by atoms with Crippen LogP contribution in [0.5, 0.6) is 0 Å². The first-order chi connectivity index (χ1) is 11.6. The zero-order chi connectivity index (χ0) is 17.1. The molecule has 0 spiro atoms. The normalized spacial score (nSPS) is 16.5. The van der Waals surface area contributed by atoms with E-state index in [2.05, 4.69) is 16.8 Å². The van der Waals surface area contributed by atoms with Gasteiger partial charge in [0.15, 0.2) is 5.16 Å². The van der Waals surface area contributed by atoms with Gasteiger partial charge in [-0.25, -0.2) is 4.98 Å². The number of carbonyl (C=O) groups excluding carboxylic acids is 1. The van der Waals surface area contributed by atoms with Gasteiger partial charge in [-0.15, -0.1) is 0 Å². The molecule has 1 saturated carbocycles. The van der Waals surface area contributed by atoms with Crippen LogP contribution in [0, 0.1) is 13.8 Å². The quantitative estimate of drug-likeness (QED) is 0.802. The third-order valence-electron chi connectivity index (χ3n) is 4.71. The van der Waals surface area contributed by atoms with E-state index in [0.29, 0.717) is 12.6 Å². The Hall–Kier alpha value is -1.69. The molecule has 0 bridgehead atoms. The molecule has 0 unspecified atom stereocenters. The monoisotopic (exact) mass is 347 g/mol. The number of thioether (sulfide) groups is 1. The lowest BCUT2D eigenvalue weighted by atomic mass is 10.2. The van der Waals surface area contributed by atoms with Crippen LogP contribution in [-0.4, -0.2) is 20.7 Å². The lowest BCUT2D eigenvalue weighted by Crippen LogP contribution is -2.30. The molecule has 130 valence electrons. The summed E-state index contributed by atoms with van der Waals surface area (Å²) in [5, 5.41) is 3.70. The summed E-state index contributed by atoms with van der Waals surface area (Å²) in [6.45, 7) is 6.53. The molecule has 3 rings (SSSR count). The van der Waals surface area contributed by atoms with Crippen LogP contribution in [0.3, 0.4) is 0 Å². The largest absolute Gasteiger partial charge is 0.467 e. The Labute approximate surface area is 147 Å². The third kappa shape index (κ3) is 3.69. The van der Waals surface area contributed by atoms with Crippen LogP contribution < -0.4 is 5.32 Å². The second-order valence-corrected chi connectivity index (χ2v) is 7.74. The molecule has 1 amide bonds. The third-order valence-corrected chi connectivity index (χ3v) is 5.78. The highest BCUT2D eigenvalue weighted by Crippen LogP contribution is 2.36. The summed E-state index contributed by atoms with van der Waals surface area (Å²) in [4.78, 5) is 17.1. The van der Waals surface area contributed by atoms with E-state index in [9.17, 15) is 4.79 Å². The van der Waals surface area contributed by atoms with Gasteiger partial charge in [0.25, 0.3) is 0 Å². The molecule has 1 aliphatic carbocycles. The molecule has 2 aromatic rings. The Bertz CT molecular complexity index is 687. The van der Waals surface area contributed by atoms with Gasteiger partial charge in [0.05, 0.1) is 23.8 Å². The predicted molar refractivity (Wildman–Crippen MR) is 95.1 cm³/mol. The van der Waals surface area contributed by atoms with Gasteiger partial charge in [-0.05, 0) is 45.7 Å². The van der Waals surface area contributed by atoms with Crippen LogP contribution in [0.1, 0.15) is 55.8 Å². The minimum absolute atomic E-state index is 0.00711. The maximum Gasteiger partial charge on any atom is 0.233 e. The molecule has 0 saturated heterocycles. The number of carbonyl (C=O) groups is 1. The van der Waals surface area contributed by atoms with Gasteiger partial charge in [-0.2, -0.15) is 0 Å². The van der Waals surface area contributed by atoms with Crippen molar-refractivity contribution in [3.05, 3.63) is 35.5 Å². The first-order valence-electron chi connectivity index (χ1n) is 8.58. The van der Waals surface area contributed by atoms with E-state index in [1.165, 1.54) is 31.4 Å². The molecular weight excluding hydrogens is 322 g/mol. The molecule has 2 heterocycles. The van der Waals surface area contributed by atoms with Crippen LogP contribution >= 0.6 is 11.8 Å². The number of nitrogens with one attached hydrogen (secondary N) is 1. The van der Waals surface area contributed by atoms with Crippen LogP contribution in [0.2, 0.25) is 0 Å². The van der Waals surface area contributed by atoms with E-state index in [1.807, 2.05) is 26.0 Å². The van der Waals surface area contributed by atoms with Crippen molar-refractivity contribution in [3.8, 4) is 0 Å². The highest BCUT2D eigenvalue weighted by Gasteiger charge is 2.25. The number of nitrogens with zero attached hydrogens (tertiary/aromatic N) is 2. The number of imidazole rings is 1. The van der Waals surface area contributed by atoms with Crippen LogP contribution in [-0.2, 0) is 11.3 Å². The number of hydrogen-bond acceptors (Lipinski definition) is 4. The fourth-order valence-electron chi connectivity index (χ4n) is 3.21. The van der Waals surface area contributed by atoms with E-state index >= 15 is 0 Å². The van der Waals surface area contributed by atoms with Crippen molar-refractivity contribution in [2.45, 2.75) is 69.4 Å². The fraction of sp³-hybridized carbons (Fsp3) is 0.556. The topological polar surface area (TPSA) is 60.1 Å². The second-order valence-electron chi connectivity index (χ2n) is 6.43. The van der Waals surface area contributed by atoms with E-state index in [4.69, 9.17) is 9.40 Å². The lowest BCUT2D eigenvalue weighted by molar-refractivity contribution is -0.120. The van der Waals surface area contributed by atoms with Gasteiger partial charge in [-0.1, -0.05) is 24.6 Å². The Morgan fingerprint density at radius 3 is 2.88 bits per heavy atom. The van der Waals surface area contributed by atoms with Crippen molar-refractivity contribution in [2.24, 2.45) is 0 Å². The van der Waals surface area contributed by atoms with E-state index in [-0.39, 0.29) is 11.2 Å². The fourth-order valence-corrected chi connectivity index (χ4v) is 4.31. The van der Waals surface area contributed by atoms with E-state index in [1.54, 1.807) is 18.0 Å². The Kier molecular flexibility index (Phi) is 5.33. The number of amides is 1. The Balaban J connectivity index is 1.66. The summed E-state index contributed by atoms with van der Waals surface area (Å²) in [6, 6.07) is 4.22. The first kappa shape index (κ1) is 17.1. The average molecular weight is 347 g/mol. The van der Waals surface area contributed by atoms with Crippen molar-refractivity contribution in [1.82, 2.24) is 14.9 Å². The summed E-state index contributed by atoms with van der Waals surface area (Å²) in [6.07, 6.45) is 6.60. The van der Waals surface area contributed by atoms with Gasteiger partial charge in [0.1, 0.15) is 5.76 Å². The SMILES string of the molecule is Cc1nc(S[C@@H](C)C(=O)NCc2ccco2)n(C2CCCC2)c1C. The number of aryl methyl sites for hydroxylation is 1. The highest BCUT2D eigenvalue weighted by molar-refractivity contribution is 8.00. The summed E-state index contributed by atoms with van der Waals surface area (Å²) in [5.41, 5.74) is 2.29. The zero-order valence-corrected chi connectivity index (χ0v) is 15.4. The van der Waals surface area contributed by atoms with Gasteiger partial charge < -0.3 is 14.3 Å². The first-order valence-corrected chi connectivity index (χ1v) is 9.46. The number of furan rings is 1. The minimum atomic E-state index is -0.193. The number of rotatable bonds is 6. The van der Waals surface area contributed by atoms with Crippen molar-refractivity contribution < 1.29 is 9.21 Å². The maximum atomic E-state index is 12.4. The molecule has 1 fully saturated rings. The van der Waals surface area contributed by atoms with E-state index in [0.717, 1.165) is 16.6 Å². The molecule has 0 radical (unpaired) electrons. The summed E-state index contributed by atoms with van der Waals surface area (Å²) in [7, 11) is 0. The number of hydrogen-bond donors (Lipinski definition) is 1. The molecule has 0 aromatic carbocycles. The summed E-state index contributed by atoms with van der Waals surface area (Å²) >= 11 is 1.55. The molecule has 1 atom stereocenters. The molecule has 0 aliphatic heterocycles. The van der Waals surface area contributed by atoms with Gasteiger partial charge in [0, 0.05) is 11.7 Å². The van der Waals surface area contributed by atoms with Crippen LogP contribution in [0.15, 0.2) is 28.0 Å². The van der Waals surface area contributed by atoms with Gasteiger partial charge in [0.2, 0.25) is 5.91 Å². The molecule has 2 aromatic heterocycles. The lowest BCUT2D eigenvalue weighted by Gasteiger charge is -2.18. The van der Waals surface area contributed by atoms with Crippen LogP contribution in [0.25, 0.3) is 0 Å². The van der Waals surface area contributed by atoms with E-state index < -0.39 is 0 Å². The standard InChI is InChI=1S/C18H25N3O2S/c1-12-13(2)21(15-7-4-5-8-15)18(20-12)24-14(3)17(22)19-11-16-9-6-10-23-16/h6,9-10,14-15H,4-5,7-8,11H2,1-3H3,(H,19,22)/t14-/m0/s1. The van der Waals surface area contributed by atoms with Crippen molar-refractivity contribution in [1.29, 1.82) is 0 Å². The smallest absolute Gasteiger partial charge is 0.233 e. The molecule has 24 heavy (non-hydrogen) atoms. The summed E-state index contributed by atoms with van der Waals surface area (Å²) in [5.74, 6) is 0.771. The molecule has 5 nitrogen and oxygen atoms in total. The number of aromatic nitrogens is 2. The van der Waals surface area contributed by atoms with Crippen molar-refractivity contribution in [3.63, 3.8) is 0 Å². The zero-order valence-electron chi connectivity index (χ0n) is 14.5. The Morgan fingerprint density at radius 2 is 2.21 bits per heavy atom. The molecule has 6 heteroatoms. The highest BCUT2D eigenvalue weighted by atomic mass is 32.2. The molecule has 1 N–H and O–H groups in total. The van der Waals surface area contributed by atoms with Crippen LogP contribution in [0.4, 0.5) is 0 Å². The average Bonchev–Trinajstić information content (AvgIpc) is 3.29. The Morgan fingerprint density at radius 1 is 1.46 bits per heavy atom. The minimum Gasteiger partial charge on any atom is -0.467 e. The summed E-state index contributed by atoms with van der Waals surface area (Å²) < 4.78 is 7.60. The molecule has 1 aliphatic rings. The molecular formula is C18H25N3O2S. The van der Waals surface area contributed by atoms with Crippen molar-refractivity contribution in [2.75, 3.05) is 0 Å². The predicted octanol–water partition coefficient (Wildman–Crippen LogP) is 4.01. The maximum absolute atomic E-state index is 12.4.